The number of aromatic nitrogens is 4. The van der Waals surface area contributed by atoms with Crippen LogP contribution in [0.3, 0.4) is 0 Å². The number of pyridine rings is 1. The molecular formula is C27H20F4N6O. The third-order valence-electron chi connectivity index (χ3n) is 5.92. The van der Waals surface area contributed by atoms with Crippen molar-refractivity contribution in [3.63, 3.8) is 0 Å². The van der Waals surface area contributed by atoms with Gasteiger partial charge in [-0.1, -0.05) is 24.3 Å². The molecule has 0 saturated carbocycles. The van der Waals surface area contributed by atoms with Crippen molar-refractivity contribution >= 4 is 22.9 Å². The summed E-state index contributed by atoms with van der Waals surface area (Å²) < 4.78 is 54.9. The van der Waals surface area contributed by atoms with Gasteiger partial charge >= 0.3 is 6.18 Å². The monoisotopic (exact) mass is 520 g/mol. The van der Waals surface area contributed by atoms with Gasteiger partial charge in [0.05, 0.1) is 28.0 Å². The van der Waals surface area contributed by atoms with Gasteiger partial charge in [0.25, 0.3) is 5.91 Å². The Bertz CT molecular complexity index is 1610. The van der Waals surface area contributed by atoms with Gasteiger partial charge in [-0.2, -0.15) is 18.3 Å². The van der Waals surface area contributed by atoms with Crippen molar-refractivity contribution in [2.45, 2.75) is 19.6 Å². The fraction of sp³-hybridized carbons (Fsp3) is 0.111. The van der Waals surface area contributed by atoms with E-state index in [1.54, 1.807) is 4.52 Å². The van der Waals surface area contributed by atoms with Crippen molar-refractivity contribution in [2.24, 2.45) is 0 Å². The van der Waals surface area contributed by atoms with Crippen molar-refractivity contribution in [2.75, 3.05) is 10.6 Å². The SMILES string of the molecule is Cc1ncnn2c(-c3ccc(CNc4ncc(C(F)(F)F)cc4C(=O)Nc4ccc(F)cc4)cc3)ccc12. The molecule has 38 heavy (non-hydrogen) atoms. The van der Waals surface area contributed by atoms with Gasteiger partial charge in [0, 0.05) is 24.0 Å². The first-order chi connectivity index (χ1) is 18.2. The standard InChI is InChI=1S/C27H20F4N6O/c1-16-23-10-11-24(37(23)35-15-34-16)18-4-2-17(3-5-18)13-32-25-22(12-19(14-33-25)27(29,30)31)26(38)36-21-8-6-20(28)7-9-21/h2-12,14-15H,13H2,1H3,(H,32,33)(H,36,38). The number of nitrogens with one attached hydrogen (secondary N) is 2. The molecule has 5 aromatic rings. The number of hydrogen-bond donors (Lipinski definition) is 2. The Morgan fingerprint density at radius 3 is 2.42 bits per heavy atom. The van der Waals surface area contributed by atoms with Crippen LogP contribution in [0.5, 0.6) is 0 Å². The Hall–Kier alpha value is -4.80. The zero-order chi connectivity index (χ0) is 26.9. The lowest BCUT2D eigenvalue weighted by atomic mass is 10.1. The number of fused-ring (bicyclic) bond motifs is 1. The molecule has 11 heteroatoms. The summed E-state index contributed by atoms with van der Waals surface area (Å²) in [5.74, 6) is -1.34. The summed E-state index contributed by atoms with van der Waals surface area (Å²) in [4.78, 5) is 20.9. The third-order valence-corrected chi connectivity index (χ3v) is 5.92. The fourth-order valence-electron chi connectivity index (χ4n) is 3.92. The molecule has 0 unspecified atom stereocenters. The molecule has 1 amide bonds. The largest absolute Gasteiger partial charge is 0.417 e. The third kappa shape index (κ3) is 5.17. The Morgan fingerprint density at radius 1 is 0.974 bits per heavy atom. The van der Waals surface area contributed by atoms with Crippen molar-refractivity contribution in [3.8, 4) is 11.3 Å². The molecule has 3 aromatic heterocycles. The zero-order valence-electron chi connectivity index (χ0n) is 19.9. The van der Waals surface area contributed by atoms with E-state index in [1.807, 2.05) is 43.3 Å². The first-order valence-corrected chi connectivity index (χ1v) is 11.5. The normalized spacial score (nSPS) is 11.5. The van der Waals surface area contributed by atoms with Crippen molar-refractivity contribution in [1.82, 2.24) is 19.6 Å². The van der Waals surface area contributed by atoms with E-state index in [2.05, 4.69) is 25.7 Å². The van der Waals surface area contributed by atoms with Crippen LogP contribution in [-0.2, 0) is 12.7 Å². The van der Waals surface area contributed by atoms with Gasteiger partial charge < -0.3 is 10.6 Å². The number of rotatable bonds is 6. The van der Waals surface area contributed by atoms with E-state index in [4.69, 9.17) is 0 Å². The molecule has 0 aliphatic carbocycles. The van der Waals surface area contributed by atoms with E-state index < -0.39 is 23.5 Å². The highest BCUT2D eigenvalue weighted by Gasteiger charge is 2.32. The topological polar surface area (TPSA) is 84.2 Å². The van der Waals surface area contributed by atoms with Crippen molar-refractivity contribution in [3.05, 3.63) is 107 Å². The summed E-state index contributed by atoms with van der Waals surface area (Å²) in [5, 5.41) is 9.74. The van der Waals surface area contributed by atoms with E-state index in [0.717, 1.165) is 46.2 Å². The Morgan fingerprint density at radius 2 is 1.71 bits per heavy atom. The predicted octanol–water partition coefficient (Wildman–Crippen LogP) is 6.12. The molecule has 0 spiro atoms. The second-order valence-electron chi connectivity index (χ2n) is 8.49. The summed E-state index contributed by atoms with van der Waals surface area (Å²) in [7, 11) is 0. The predicted molar refractivity (Wildman–Crippen MR) is 134 cm³/mol. The molecule has 0 atom stereocenters. The molecule has 7 nitrogen and oxygen atoms in total. The van der Waals surface area contributed by atoms with Crippen LogP contribution in [0, 0.1) is 12.7 Å². The molecule has 0 fully saturated rings. The van der Waals surface area contributed by atoms with Gasteiger partial charge in [-0.3, -0.25) is 4.79 Å². The number of nitrogens with zero attached hydrogens (tertiary/aromatic N) is 4. The lowest BCUT2D eigenvalue weighted by Crippen LogP contribution is -2.18. The molecule has 2 N–H and O–H groups in total. The van der Waals surface area contributed by atoms with Gasteiger partial charge in [0.2, 0.25) is 0 Å². The van der Waals surface area contributed by atoms with Crippen LogP contribution < -0.4 is 10.6 Å². The highest BCUT2D eigenvalue weighted by atomic mass is 19.4. The molecule has 3 heterocycles. The second-order valence-corrected chi connectivity index (χ2v) is 8.49. The molecule has 0 bridgehead atoms. The highest BCUT2D eigenvalue weighted by molar-refractivity contribution is 6.07. The number of carbonyl (C=O) groups excluding carboxylic acids is 1. The van der Waals surface area contributed by atoms with Crippen LogP contribution in [0.2, 0.25) is 0 Å². The summed E-state index contributed by atoms with van der Waals surface area (Å²) >= 11 is 0. The molecule has 0 saturated heterocycles. The van der Waals surface area contributed by atoms with Crippen LogP contribution in [0.4, 0.5) is 29.1 Å². The number of benzene rings is 2. The second kappa shape index (κ2) is 9.92. The average molecular weight is 520 g/mol. The molecule has 2 aromatic carbocycles. The van der Waals surface area contributed by atoms with Gasteiger partial charge in [-0.25, -0.2) is 18.9 Å². The first kappa shape index (κ1) is 24.9. The Kier molecular flexibility index (Phi) is 6.50. The Labute approximate surface area is 214 Å². The van der Waals surface area contributed by atoms with Gasteiger partial charge in [-0.15, -0.1) is 0 Å². The minimum Gasteiger partial charge on any atom is -0.365 e. The number of carbonyl (C=O) groups is 1. The van der Waals surface area contributed by atoms with E-state index in [0.29, 0.717) is 6.20 Å². The minimum atomic E-state index is -4.68. The number of aryl methyl sites for hydroxylation is 1. The van der Waals surface area contributed by atoms with Gasteiger partial charge in [-0.05, 0) is 55.0 Å². The minimum absolute atomic E-state index is 0.0218. The Balaban J connectivity index is 1.36. The lowest BCUT2D eigenvalue weighted by molar-refractivity contribution is -0.137. The first-order valence-electron chi connectivity index (χ1n) is 11.5. The van der Waals surface area contributed by atoms with Crippen LogP contribution in [0.15, 0.2) is 79.3 Å². The van der Waals surface area contributed by atoms with Crippen LogP contribution in [-0.4, -0.2) is 25.5 Å². The fourth-order valence-corrected chi connectivity index (χ4v) is 3.92. The number of halogens is 4. The summed E-state index contributed by atoms with van der Waals surface area (Å²) in [6, 6.07) is 17.0. The van der Waals surface area contributed by atoms with Crippen molar-refractivity contribution in [1.29, 1.82) is 0 Å². The molecule has 5 rings (SSSR count). The maximum atomic E-state index is 13.3. The molecular weight excluding hydrogens is 500 g/mol. The van der Waals surface area contributed by atoms with E-state index in [-0.39, 0.29) is 23.6 Å². The van der Waals surface area contributed by atoms with Crippen LogP contribution in [0.25, 0.3) is 16.8 Å². The maximum Gasteiger partial charge on any atom is 0.417 e. The van der Waals surface area contributed by atoms with E-state index in [9.17, 15) is 22.4 Å². The average Bonchev–Trinajstić information content (AvgIpc) is 3.34. The summed E-state index contributed by atoms with van der Waals surface area (Å²) in [6.45, 7) is 2.10. The van der Waals surface area contributed by atoms with E-state index >= 15 is 0 Å². The quantitative estimate of drug-likeness (QED) is 0.264. The highest BCUT2D eigenvalue weighted by Crippen LogP contribution is 2.31. The smallest absolute Gasteiger partial charge is 0.365 e. The number of anilines is 2. The molecule has 0 radical (unpaired) electrons. The summed E-state index contributed by atoms with van der Waals surface area (Å²) in [5.41, 5.74) is 3.24. The number of hydrogen-bond acceptors (Lipinski definition) is 5. The molecule has 0 aliphatic heterocycles. The maximum absolute atomic E-state index is 13.3. The lowest BCUT2D eigenvalue weighted by Gasteiger charge is -2.14. The van der Waals surface area contributed by atoms with Gasteiger partial charge in [0.15, 0.2) is 0 Å². The van der Waals surface area contributed by atoms with Crippen molar-refractivity contribution < 1.29 is 22.4 Å². The summed E-state index contributed by atoms with van der Waals surface area (Å²) in [6.07, 6.45) is -2.52. The van der Waals surface area contributed by atoms with Crippen LogP contribution >= 0.6 is 0 Å². The van der Waals surface area contributed by atoms with E-state index in [1.165, 1.54) is 18.5 Å². The van der Waals surface area contributed by atoms with Crippen LogP contribution in [0.1, 0.15) is 27.2 Å². The number of amides is 1. The number of alkyl halides is 3. The molecule has 0 aliphatic rings. The zero-order valence-corrected chi connectivity index (χ0v) is 19.9. The van der Waals surface area contributed by atoms with Gasteiger partial charge in [0.1, 0.15) is 18.0 Å². The molecule has 192 valence electrons.